The Morgan fingerprint density at radius 2 is 2.19 bits per heavy atom. The molecule has 10 heteroatoms. The molecule has 1 amide bonds. The number of ether oxygens (including phenoxy) is 2. The number of aromatic nitrogens is 3. The van der Waals surface area contributed by atoms with Crippen LogP contribution < -0.4 is 25.2 Å². The summed E-state index contributed by atoms with van der Waals surface area (Å²) in [5.74, 6) is 1.44. The first-order chi connectivity index (χ1) is 15.6. The Hall–Kier alpha value is -3.14. The molecule has 3 aromatic rings. The second-order valence-electron chi connectivity index (χ2n) is 8.09. The highest BCUT2D eigenvalue weighted by Crippen LogP contribution is 2.33. The number of carbonyl (C=O) groups excluding carboxylic acids is 1. The van der Waals surface area contributed by atoms with E-state index in [-0.39, 0.29) is 24.2 Å². The lowest BCUT2D eigenvalue weighted by atomic mass is 9.97. The molecule has 4 heterocycles. The molecule has 0 aliphatic carbocycles. The van der Waals surface area contributed by atoms with Gasteiger partial charge in [0.1, 0.15) is 11.0 Å². The summed E-state index contributed by atoms with van der Waals surface area (Å²) in [5.41, 5.74) is 1.26. The Labute approximate surface area is 189 Å². The molecule has 1 saturated heterocycles. The lowest BCUT2D eigenvalue weighted by Gasteiger charge is -2.31. The van der Waals surface area contributed by atoms with Crippen molar-refractivity contribution in [3.8, 4) is 11.5 Å². The second-order valence-corrected chi connectivity index (χ2v) is 9.07. The third-order valence-corrected chi connectivity index (χ3v) is 6.87. The molecule has 9 nitrogen and oxygen atoms in total. The van der Waals surface area contributed by atoms with Crippen LogP contribution in [0.25, 0.3) is 10.3 Å². The van der Waals surface area contributed by atoms with Gasteiger partial charge in [-0.1, -0.05) is 24.3 Å². The highest BCUT2D eigenvalue weighted by atomic mass is 32.1. The lowest BCUT2D eigenvalue weighted by Crippen LogP contribution is -2.43. The SMILES string of the molecule is CCCNC(=O)C1CCCN(c2nc3ncn(Cc4ccc5c(c4)OCO5)c(=O)c3s2)C1. The Morgan fingerprint density at radius 1 is 1.31 bits per heavy atom. The van der Waals surface area contributed by atoms with Gasteiger partial charge in [-0.3, -0.25) is 14.2 Å². The monoisotopic (exact) mass is 455 g/mol. The van der Waals surface area contributed by atoms with E-state index < -0.39 is 0 Å². The molecule has 5 rings (SSSR count). The van der Waals surface area contributed by atoms with E-state index in [2.05, 4.69) is 20.2 Å². The van der Waals surface area contributed by atoms with Crippen LogP contribution in [0, 0.1) is 5.92 Å². The first-order valence-corrected chi connectivity index (χ1v) is 11.7. The van der Waals surface area contributed by atoms with Crippen molar-refractivity contribution in [2.24, 2.45) is 5.92 Å². The number of fused-ring (bicyclic) bond motifs is 2. The van der Waals surface area contributed by atoms with Crippen LogP contribution in [-0.2, 0) is 11.3 Å². The lowest BCUT2D eigenvalue weighted by molar-refractivity contribution is -0.125. The minimum absolute atomic E-state index is 0.0575. The van der Waals surface area contributed by atoms with Crippen molar-refractivity contribution < 1.29 is 14.3 Å². The summed E-state index contributed by atoms with van der Waals surface area (Å²) in [6, 6.07) is 5.65. The summed E-state index contributed by atoms with van der Waals surface area (Å²) in [6.07, 6.45) is 4.25. The number of benzene rings is 1. The number of hydrogen-bond acceptors (Lipinski definition) is 8. The molecule has 1 aromatic carbocycles. The average Bonchev–Trinajstić information content (AvgIpc) is 3.46. The Bertz CT molecular complexity index is 1210. The highest BCUT2D eigenvalue weighted by Gasteiger charge is 2.27. The first-order valence-electron chi connectivity index (χ1n) is 10.9. The molecule has 0 radical (unpaired) electrons. The third-order valence-electron chi connectivity index (χ3n) is 5.77. The molecule has 0 saturated carbocycles. The van der Waals surface area contributed by atoms with E-state index in [1.807, 2.05) is 25.1 Å². The topological polar surface area (TPSA) is 98.6 Å². The van der Waals surface area contributed by atoms with E-state index in [4.69, 9.17) is 9.47 Å². The van der Waals surface area contributed by atoms with Gasteiger partial charge in [-0.25, -0.2) is 4.98 Å². The second kappa shape index (κ2) is 8.78. The summed E-state index contributed by atoms with van der Waals surface area (Å²) < 4.78 is 12.9. The molecule has 1 fully saturated rings. The fourth-order valence-corrected chi connectivity index (χ4v) is 5.08. The molecular formula is C22H25N5O4S. The third kappa shape index (κ3) is 4.02. The van der Waals surface area contributed by atoms with E-state index in [1.165, 1.54) is 17.7 Å². The van der Waals surface area contributed by atoms with E-state index in [9.17, 15) is 9.59 Å². The van der Waals surface area contributed by atoms with Crippen molar-refractivity contribution >= 4 is 32.7 Å². The molecule has 0 bridgehead atoms. The quantitative estimate of drug-likeness (QED) is 0.609. The standard InChI is InChI=1S/C22H25N5O4S/c1-2-7-23-20(28)15-4-3-8-26(11-15)22-25-19-18(32-22)21(29)27(12-24-19)10-14-5-6-16-17(9-14)31-13-30-16/h5-6,9,12,15H,2-4,7-8,10-11,13H2,1H3,(H,23,28). The summed E-state index contributed by atoms with van der Waals surface area (Å²) >= 11 is 1.35. The van der Waals surface area contributed by atoms with Crippen molar-refractivity contribution in [1.29, 1.82) is 0 Å². The van der Waals surface area contributed by atoms with Crippen LogP contribution in [0.4, 0.5) is 5.13 Å². The van der Waals surface area contributed by atoms with Crippen LogP contribution in [0.3, 0.4) is 0 Å². The van der Waals surface area contributed by atoms with Crippen LogP contribution in [-0.4, -0.2) is 46.9 Å². The minimum atomic E-state index is -0.120. The average molecular weight is 456 g/mol. The van der Waals surface area contributed by atoms with Crippen LogP contribution in [0.5, 0.6) is 11.5 Å². The van der Waals surface area contributed by atoms with Crippen LogP contribution in [0.15, 0.2) is 29.3 Å². The van der Waals surface area contributed by atoms with Gasteiger partial charge in [0.2, 0.25) is 12.7 Å². The van der Waals surface area contributed by atoms with Gasteiger partial charge in [-0.15, -0.1) is 0 Å². The molecule has 1 unspecified atom stereocenters. The zero-order valence-corrected chi connectivity index (χ0v) is 18.7. The van der Waals surface area contributed by atoms with E-state index in [0.717, 1.165) is 36.5 Å². The maximum atomic E-state index is 13.1. The molecule has 2 aliphatic heterocycles. The summed E-state index contributed by atoms with van der Waals surface area (Å²) in [6.45, 7) is 4.77. The predicted octanol–water partition coefficient (Wildman–Crippen LogP) is 2.37. The largest absolute Gasteiger partial charge is 0.454 e. The number of anilines is 1. The highest BCUT2D eigenvalue weighted by molar-refractivity contribution is 7.22. The van der Waals surface area contributed by atoms with Gasteiger partial charge >= 0.3 is 0 Å². The van der Waals surface area contributed by atoms with Gasteiger partial charge in [0, 0.05) is 19.6 Å². The Kier molecular flexibility index (Phi) is 5.69. The Morgan fingerprint density at radius 3 is 3.06 bits per heavy atom. The fourth-order valence-electron chi connectivity index (χ4n) is 4.08. The number of piperidine rings is 1. The molecule has 1 N–H and O–H groups in total. The van der Waals surface area contributed by atoms with Crippen molar-refractivity contribution in [1.82, 2.24) is 19.9 Å². The zero-order chi connectivity index (χ0) is 22.1. The van der Waals surface area contributed by atoms with Gasteiger partial charge < -0.3 is 19.7 Å². The normalized spacial score (nSPS) is 17.7. The zero-order valence-electron chi connectivity index (χ0n) is 17.9. The number of thiazole rings is 1. The molecule has 2 aromatic heterocycles. The number of nitrogens with one attached hydrogen (secondary N) is 1. The van der Waals surface area contributed by atoms with Crippen molar-refractivity contribution in [3.05, 3.63) is 40.4 Å². The molecule has 168 valence electrons. The summed E-state index contributed by atoms with van der Waals surface area (Å²) in [4.78, 5) is 36.6. The van der Waals surface area contributed by atoms with Gasteiger partial charge in [-0.05, 0) is 37.0 Å². The summed E-state index contributed by atoms with van der Waals surface area (Å²) in [5, 5.41) is 3.74. The van der Waals surface area contributed by atoms with Crippen molar-refractivity contribution in [2.45, 2.75) is 32.7 Å². The first kappa shape index (κ1) is 20.7. The van der Waals surface area contributed by atoms with Gasteiger partial charge in [0.05, 0.1) is 12.5 Å². The van der Waals surface area contributed by atoms with E-state index in [0.29, 0.717) is 41.5 Å². The molecule has 32 heavy (non-hydrogen) atoms. The van der Waals surface area contributed by atoms with Gasteiger partial charge in [0.15, 0.2) is 22.3 Å². The Balaban J connectivity index is 1.36. The molecular weight excluding hydrogens is 430 g/mol. The van der Waals surface area contributed by atoms with Crippen LogP contribution in [0.2, 0.25) is 0 Å². The van der Waals surface area contributed by atoms with Crippen LogP contribution in [0.1, 0.15) is 31.7 Å². The number of nitrogens with zero attached hydrogens (tertiary/aromatic N) is 4. The predicted molar refractivity (Wildman–Crippen MR) is 122 cm³/mol. The smallest absolute Gasteiger partial charge is 0.273 e. The molecule has 1 atom stereocenters. The van der Waals surface area contributed by atoms with Gasteiger partial charge in [-0.2, -0.15) is 4.98 Å². The molecule has 0 spiro atoms. The summed E-state index contributed by atoms with van der Waals surface area (Å²) in [7, 11) is 0. The van der Waals surface area contributed by atoms with Crippen LogP contribution >= 0.6 is 11.3 Å². The maximum absolute atomic E-state index is 13.1. The van der Waals surface area contributed by atoms with E-state index in [1.54, 1.807) is 4.57 Å². The maximum Gasteiger partial charge on any atom is 0.273 e. The number of hydrogen-bond donors (Lipinski definition) is 1. The molecule has 2 aliphatic rings. The van der Waals surface area contributed by atoms with Gasteiger partial charge in [0.25, 0.3) is 5.56 Å². The van der Waals surface area contributed by atoms with E-state index >= 15 is 0 Å². The minimum Gasteiger partial charge on any atom is -0.454 e. The number of amides is 1. The number of carbonyl (C=O) groups is 1. The number of rotatable bonds is 6. The fraction of sp³-hybridized carbons (Fsp3) is 0.455. The van der Waals surface area contributed by atoms with Crippen molar-refractivity contribution in [3.63, 3.8) is 0 Å². The van der Waals surface area contributed by atoms with Crippen molar-refractivity contribution in [2.75, 3.05) is 31.3 Å².